The lowest BCUT2D eigenvalue weighted by Gasteiger charge is -2.09. The molecule has 0 saturated carbocycles. The molecule has 1 aromatic heterocycles. The standard InChI is InChI=1S/C12H18N2O3/c1-5-8(2)6-9(15)11-12(17-4)14-10(16-3)7-13-11/h7-8H,5-6H2,1-4H3. The molecule has 0 radical (unpaired) electrons. The van der Waals surface area contributed by atoms with Gasteiger partial charge in [-0.25, -0.2) is 4.98 Å². The molecule has 0 aliphatic heterocycles. The van der Waals surface area contributed by atoms with E-state index in [4.69, 9.17) is 9.47 Å². The number of rotatable bonds is 6. The molecule has 17 heavy (non-hydrogen) atoms. The topological polar surface area (TPSA) is 61.3 Å². The lowest BCUT2D eigenvalue weighted by Crippen LogP contribution is -2.10. The van der Waals surface area contributed by atoms with Gasteiger partial charge in [0.2, 0.25) is 11.8 Å². The summed E-state index contributed by atoms with van der Waals surface area (Å²) in [7, 11) is 2.95. The smallest absolute Gasteiger partial charge is 0.246 e. The second kappa shape index (κ2) is 6.18. The van der Waals surface area contributed by atoms with Crippen molar-refractivity contribution in [1.82, 2.24) is 9.97 Å². The van der Waals surface area contributed by atoms with Crippen LogP contribution in [0.15, 0.2) is 6.20 Å². The number of ether oxygens (including phenoxy) is 2. The lowest BCUT2D eigenvalue weighted by atomic mass is 10.0. The van der Waals surface area contributed by atoms with Crippen molar-refractivity contribution in [2.45, 2.75) is 26.7 Å². The zero-order valence-corrected chi connectivity index (χ0v) is 10.7. The minimum Gasteiger partial charge on any atom is -0.480 e. The van der Waals surface area contributed by atoms with Crippen LogP contribution >= 0.6 is 0 Å². The molecule has 0 fully saturated rings. The minimum absolute atomic E-state index is 0.0497. The molecule has 0 aliphatic carbocycles. The van der Waals surface area contributed by atoms with Crippen LogP contribution in [0, 0.1) is 5.92 Å². The van der Waals surface area contributed by atoms with Crippen molar-refractivity contribution in [3.05, 3.63) is 11.9 Å². The van der Waals surface area contributed by atoms with Gasteiger partial charge in [0.15, 0.2) is 11.5 Å². The van der Waals surface area contributed by atoms with Crippen LogP contribution < -0.4 is 9.47 Å². The maximum Gasteiger partial charge on any atom is 0.246 e. The van der Waals surface area contributed by atoms with Crippen molar-refractivity contribution >= 4 is 5.78 Å². The Bertz CT molecular complexity index is 393. The molecule has 5 nitrogen and oxygen atoms in total. The first-order chi connectivity index (χ1) is 8.12. The van der Waals surface area contributed by atoms with Crippen LogP contribution in [-0.2, 0) is 0 Å². The highest BCUT2D eigenvalue weighted by molar-refractivity contribution is 5.96. The third kappa shape index (κ3) is 3.41. The average molecular weight is 238 g/mol. The first-order valence-corrected chi connectivity index (χ1v) is 5.60. The number of carbonyl (C=O) groups is 1. The maximum absolute atomic E-state index is 12.0. The molecule has 0 spiro atoms. The van der Waals surface area contributed by atoms with E-state index < -0.39 is 0 Å². The Kier molecular flexibility index (Phi) is 4.87. The van der Waals surface area contributed by atoms with E-state index in [1.807, 2.05) is 6.92 Å². The Labute approximate surface area is 101 Å². The third-order valence-corrected chi connectivity index (χ3v) is 2.62. The van der Waals surface area contributed by atoms with E-state index in [0.717, 1.165) is 6.42 Å². The summed E-state index contributed by atoms with van der Waals surface area (Å²) in [4.78, 5) is 20.1. The first-order valence-electron chi connectivity index (χ1n) is 5.60. The van der Waals surface area contributed by atoms with Crippen LogP contribution in [0.2, 0.25) is 0 Å². The highest BCUT2D eigenvalue weighted by Gasteiger charge is 2.18. The predicted molar refractivity (Wildman–Crippen MR) is 63.5 cm³/mol. The van der Waals surface area contributed by atoms with E-state index in [1.54, 1.807) is 0 Å². The van der Waals surface area contributed by atoms with E-state index in [0.29, 0.717) is 18.2 Å². The zero-order valence-electron chi connectivity index (χ0n) is 10.7. The maximum atomic E-state index is 12.0. The van der Waals surface area contributed by atoms with Crippen LogP contribution in [0.25, 0.3) is 0 Å². The minimum atomic E-state index is -0.0497. The van der Waals surface area contributed by atoms with Crippen molar-refractivity contribution < 1.29 is 14.3 Å². The largest absolute Gasteiger partial charge is 0.480 e. The number of Topliss-reactive ketones (excluding diaryl/α,β-unsaturated/α-hetero) is 1. The normalized spacial score (nSPS) is 12.0. The Morgan fingerprint density at radius 1 is 1.41 bits per heavy atom. The monoisotopic (exact) mass is 238 g/mol. The molecule has 0 saturated heterocycles. The molecule has 1 unspecified atom stereocenters. The molecule has 1 rings (SSSR count). The SMILES string of the molecule is CCC(C)CC(=O)c1ncc(OC)nc1OC. The highest BCUT2D eigenvalue weighted by atomic mass is 16.5. The number of nitrogens with zero attached hydrogens (tertiary/aromatic N) is 2. The number of carbonyl (C=O) groups excluding carboxylic acids is 1. The third-order valence-electron chi connectivity index (χ3n) is 2.62. The van der Waals surface area contributed by atoms with Crippen LogP contribution in [-0.4, -0.2) is 30.0 Å². The molecule has 1 heterocycles. The van der Waals surface area contributed by atoms with Gasteiger partial charge >= 0.3 is 0 Å². The number of methoxy groups -OCH3 is 2. The summed E-state index contributed by atoms with van der Waals surface area (Å²) in [5.41, 5.74) is 0.272. The van der Waals surface area contributed by atoms with Crippen molar-refractivity contribution in [3.8, 4) is 11.8 Å². The summed E-state index contributed by atoms with van der Waals surface area (Å²) >= 11 is 0. The van der Waals surface area contributed by atoms with Gasteiger partial charge in [0, 0.05) is 6.42 Å². The zero-order chi connectivity index (χ0) is 12.8. The predicted octanol–water partition coefficient (Wildman–Crippen LogP) is 2.11. The van der Waals surface area contributed by atoms with E-state index in [9.17, 15) is 4.79 Å². The summed E-state index contributed by atoms with van der Waals surface area (Å²) in [5.74, 6) is 0.835. The quantitative estimate of drug-likeness (QED) is 0.710. The molecule has 94 valence electrons. The molecule has 0 aliphatic rings. The molecule has 1 aromatic rings. The second-order valence-corrected chi connectivity index (χ2v) is 3.91. The molecule has 0 aromatic carbocycles. The summed E-state index contributed by atoms with van der Waals surface area (Å²) in [6.45, 7) is 4.08. The van der Waals surface area contributed by atoms with Gasteiger partial charge < -0.3 is 9.47 Å². The van der Waals surface area contributed by atoms with Crippen molar-refractivity contribution in [2.75, 3.05) is 14.2 Å². The Balaban J connectivity index is 2.93. The molecule has 0 N–H and O–H groups in total. The van der Waals surface area contributed by atoms with Crippen LogP contribution in [0.1, 0.15) is 37.2 Å². The Morgan fingerprint density at radius 2 is 2.12 bits per heavy atom. The summed E-state index contributed by atoms with van der Waals surface area (Å²) in [6.07, 6.45) is 2.83. The molecule has 1 atom stereocenters. The van der Waals surface area contributed by atoms with Gasteiger partial charge in [0.1, 0.15) is 0 Å². The van der Waals surface area contributed by atoms with E-state index in [1.165, 1.54) is 20.4 Å². The van der Waals surface area contributed by atoms with Gasteiger partial charge in [-0.05, 0) is 5.92 Å². The van der Waals surface area contributed by atoms with Crippen molar-refractivity contribution in [2.24, 2.45) is 5.92 Å². The summed E-state index contributed by atoms with van der Waals surface area (Å²) in [6, 6.07) is 0. The number of hydrogen-bond acceptors (Lipinski definition) is 5. The van der Waals surface area contributed by atoms with E-state index >= 15 is 0 Å². The lowest BCUT2D eigenvalue weighted by molar-refractivity contribution is 0.0954. The van der Waals surface area contributed by atoms with Gasteiger partial charge in [0.05, 0.1) is 20.4 Å². The van der Waals surface area contributed by atoms with E-state index in [2.05, 4.69) is 16.9 Å². The first kappa shape index (κ1) is 13.4. The fourth-order valence-corrected chi connectivity index (χ4v) is 1.35. The van der Waals surface area contributed by atoms with Crippen molar-refractivity contribution in [1.29, 1.82) is 0 Å². The van der Waals surface area contributed by atoms with Crippen LogP contribution in [0.4, 0.5) is 0 Å². The highest BCUT2D eigenvalue weighted by Crippen LogP contribution is 2.20. The fraction of sp³-hybridized carbons (Fsp3) is 0.583. The van der Waals surface area contributed by atoms with Gasteiger partial charge in [-0.15, -0.1) is 0 Å². The second-order valence-electron chi connectivity index (χ2n) is 3.91. The number of hydrogen-bond donors (Lipinski definition) is 0. The van der Waals surface area contributed by atoms with Gasteiger partial charge in [-0.1, -0.05) is 20.3 Å². The summed E-state index contributed by atoms with van der Waals surface area (Å²) in [5, 5.41) is 0. The fourth-order valence-electron chi connectivity index (χ4n) is 1.35. The number of ketones is 1. The molecule has 5 heteroatoms. The van der Waals surface area contributed by atoms with Crippen LogP contribution in [0.3, 0.4) is 0 Å². The van der Waals surface area contributed by atoms with Gasteiger partial charge in [-0.2, -0.15) is 4.98 Å². The molecule has 0 amide bonds. The van der Waals surface area contributed by atoms with E-state index in [-0.39, 0.29) is 17.4 Å². The van der Waals surface area contributed by atoms with Gasteiger partial charge in [0.25, 0.3) is 0 Å². The Morgan fingerprint density at radius 3 is 2.65 bits per heavy atom. The average Bonchev–Trinajstić information content (AvgIpc) is 2.37. The Hall–Kier alpha value is -1.65. The van der Waals surface area contributed by atoms with Crippen molar-refractivity contribution in [3.63, 3.8) is 0 Å². The summed E-state index contributed by atoms with van der Waals surface area (Å²) < 4.78 is 9.98. The molecular weight excluding hydrogens is 220 g/mol. The van der Waals surface area contributed by atoms with Crippen LogP contribution in [0.5, 0.6) is 11.8 Å². The van der Waals surface area contributed by atoms with Gasteiger partial charge in [-0.3, -0.25) is 4.79 Å². The molecule has 0 bridgehead atoms. The molecular formula is C12H18N2O3. The number of aromatic nitrogens is 2.